The zero-order valence-corrected chi connectivity index (χ0v) is 11.6. The Morgan fingerprint density at radius 1 is 1.53 bits per heavy atom. The van der Waals surface area contributed by atoms with Crippen molar-refractivity contribution in [2.75, 3.05) is 12.8 Å². The van der Waals surface area contributed by atoms with Crippen LogP contribution in [0.5, 0.6) is 0 Å². The Hall–Kier alpha value is -1.94. The van der Waals surface area contributed by atoms with Crippen LogP contribution in [-0.2, 0) is 23.6 Å². The molecule has 0 saturated heterocycles. The molecule has 0 atom stereocenters. The molecule has 2 aromatic heterocycles. The lowest BCUT2D eigenvalue weighted by Gasteiger charge is -2.15. The molecular weight excluding hydrogens is 270 g/mol. The number of sulfonamides is 1. The molecule has 0 spiro atoms. The number of nitrogens with one attached hydrogen (secondary N) is 1. The van der Waals surface area contributed by atoms with E-state index in [0.717, 1.165) is 4.31 Å². The predicted molar refractivity (Wildman–Crippen MR) is 67.4 cm³/mol. The lowest BCUT2D eigenvalue weighted by Crippen LogP contribution is -2.29. The van der Waals surface area contributed by atoms with E-state index in [1.54, 1.807) is 14.0 Å². The smallest absolute Gasteiger partial charge is 0.262 e. The quantitative estimate of drug-likeness (QED) is 0.762. The van der Waals surface area contributed by atoms with E-state index in [9.17, 15) is 8.42 Å². The molecule has 0 bridgehead atoms. The van der Waals surface area contributed by atoms with Gasteiger partial charge in [0, 0.05) is 14.1 Å². The van der Waals surface area contributed by atoms with Gasteiger partial charge in [0.15, 0.2) is 16.7 Å². The largest absolute Gasteiger partial charge is 0.381 e. The maximum atomic E-state index is 12.4. The van der Waals surface area contributed by atoms with E-state index in [0.29, 0.717) is 11.6 Å². The summed E-state index contributed by atoms with van der Waals surface area (Å²) in [5.74, 6) is 0.991. The number of rotatable bonds is 4. The maximum Gasteiger partial charge on any atom is 0.262 e. The number of nitrogens with two attached hydrogens (primary N) is 1. The predicted octanol–water partition coefficient (Wildman–Crippen LogP) is -0.750. The third-order valence-corrected chi connectivity index (χ3v) is 4.51. The first kappa shape index (κ1) is 13.5. The fourth-order valence-corrected chi connectivity index (χ4v) is 2.95. The van der Waals surface area contributed by atoms with E-state index >= 15 is 0 Å². The summed E-state index contributed by atoms with van der Waals surface area (Å²) in [4.78, 5) is 7.84. The van der Waals surface area contributed by atoms with Gasteiger partial charge in [-0.05, 0) is 6.92 Å². The van der Waals surface area contributed by atoms with Crippen molar-refractivity contribution < 1.29 is 8.42 Å². The number of nitrogens with zero attached hydrogens (tertiary/aromatic N) is 5. The third kappa shape index (κ3) is 2.44. The molecule has 0 amide bonds. The second kappa shape index (κ2) is 4.63. The topological polar surface area (TPSA) is 123 Å². The van der Waals surface area contributed by atoms with Gasteiger partial charge in [-0.3, -0.25) is 5.10 Å². The minimum absolute atomic E-state index is 0.0273. The number of aromatic amines is 1. The van der Waals surface area contributed by atoms with Crippen molar-refractivity contribution in [2.24, 2.45) is 7.05 Å². The lowest BCUT2D eigenvalue weighted by atomic mass is 10.6. The SMILES string of the molecule is Cc1nc(CN(C)S(=O)(=O)c2c(N)ncn2C)n[nH]1. The summed E-state index contributed by atoms with van der Waals surface area (Å²) in [6.45, 7) is 1.79. The molecule has 0 saturated carbocycles. The Morgan fingerprint density at radius 2 is 2.21 bits per heavy atom. The first-order chi connectivity index (χ1) is 8.82. The number of nitrogen functional groups attached to an aromatic ring is 1. The summed E-state index contributed by atoms with van der Waals surface area (Å²) in [7, 11) is -0.723. The van der Waals surface area contributed by atoms with Crippen LogP contribution >= 0.6 is 0 Å². The van der Waals surface area contributed by atoms with Gasteiger partial charge >= 0.3 is 0 Å². The lowest BCUT2D eigenvalue weighted by molar-refractivity contribution is 0.452. The fraction of sp³-hybridized carbons (Fsp3) is 0.444. The van der Waals surface area contributed by atoms with Gasteiger partial charge in [0.05, 0.1) is 12.9 Å². The summed E-state index contributed by atoms with van der Waals surface area (Å²) < 4.78 is 27.2. The number of aromatic nitrogens is 5. The first-order valence-corrected chi connectivity index (χ1v) is 6.87. The van der Waals surface area contributed by atoms with Crippen LogP contribution < -0.4 is 5.73 Å². The molecule has 0 aromatic carbocycles. The van der Waals surface area contributed by atoms with Crippen LogP contribution in [0.3, 0.4) is 0 Å². The second-order valence-electron chi connectivity index (χ2n) is 4.14. The van der Waals surface area contributed by atoms with Gasteiger partial charge in [0.1, 0.15) is 5.82 Å². The van der Waals surface area contributed by atoms with Crippen molar-refractivity contribution in [2.45, 2.75) is 18.5 Å². The first-order valence-electron chi connectivity index (χ1n) is 5.43. The number of aryl methyl sites for hydroxylation is 2. The molecule has 0 radical (unpaired) electrons. The molecule has 0 unspecified atom stereocenters. The standard InChI is InChI=1S/C9H15N7O2S/c1-6-12-7(14-13-6)4-16(3)19(17,18)9-8(10)11-5-15(9)2/h5H,4,10H2,1-3H3,(H,12,13,14). The van der Waals surface area contributed by atoms with Crippen molar-refractivity contribution in [1.29, 1.82) is 0 Å². The summed E-state index contributed by atoms with van der Waals surface area (Å²) in [5, 5.41) is 6.52. The molecule has 2 rings (SSSR count). The number of hydrogen-bond donors (Lipinski definition) is 2. The molecule has 3 N–H and O–H groups in total. The van der Waals surface area contributed by atoms with E-state index in [1.165, 1.54) is 17.9 Å². The molecule has 9 nitrogen and oxygen atoms in total. The highest BCUT2D eigenvalue weighted by Gasteiger charge is 2.28. The number of hydrogen-bond acceptors (Lipinski definition) is 6. The van der Waals surface area contributed by atoms with Crippen molar-refractivity contribution in [3.63, 3.8) is 0 Å². The molecule has 2 heterocycles. The van der Waals surface area contributed by atoms with Crippen molar-refractivity contribution in [3.05, 3.63) is 18.0 Å². The molecule has 0 aliphatic rings. The highest BCUT2D eigenvalue weighted by molar-refractivity contribution is 7.89. The van der Waals surface area contributed by atoms with Crippen LogP contribution in [0.15, 0.2) is 11.4 Å². The molecule has 2 aromatic rings. The Labute approximate surface area is 110 Å². The number of H-pyrrole nitrogens is 1. The average molecular weight is 285 g/mol. The van der Waals surface area contributed by atoms with Gasteiger partial charge in [-0.2, -0.15) is 9.40 Å². The van der Waals surface area contributed by atoms with Crippen LogP contribution in [0.4, 0.5) is 5.82 Å². The van der Waals surface area contributed by atoms with Gasteiger partial charge in [0.2, 0.25) is 0 Å². The molecule has 19 heavy (non-hydrogen) atoms. The van der Waals surface area contributed by atoms with Gasteiger partial charge in [-0.15, -0.1) is 0 Å². The Balaban J connectivity index is 2.30. The zero-order chi connectivity index (χ0) is 14.2. The van der Waals surface area contributed by atoms with Crippen LogP contribution in [-0.4, -0.2) is 44.5 Å². The van der Waals surface area contributed by atoms with Crippen molar-refractivity contribution in [1.82, 2.24) is 29.0 Å². The number of imidazole rings is 1. The van der Waals surface area contributed by atoms with Gasteiger partial charge in [-0.1, -0.05) is 0 Å². The average Bonchev–Trinajstić information content (AvgIpc) is 2.85. The zero-order valence-electron chi connectivity index (χ0n) is 10.8. The summed E-state index contributed by atoms with van der Waals surface area (Å²) in [5.41, 5.74) is 5.59. The monoisotopic (exact) mass is 285 g/mol. The highest BCUT2D eigenvalue weighted by Crippen LogP contribution is 2.20. The molecule has 104 valence electrons. The Kier molecular flexibility index (Phi) is 3.28. The van der Waals surface area contributed by atoms with E-state index in [2.05, 4.69) is 20.2 Å². The Morgan fingerprint density at radius 3 is 2.68 bits per heavy atom. The molecule has 0 aliphatic carbocycles. The number of anilines is 1. The second-order valence-corrected chi connectivity index (χ2v) is 6.10. The Bertz CT molecular complexity index is 668. The molecule has 0 aliphatic heterocycles. The highest BCUT2D eigenvalue weighted by atomic mass is 32.2. The molecular formula is C9H15N7O2S. The van der Waals surface area contributed by atoms with E-state index in [4.69, 9.17) is 5.73 Å². The minimum Gasteiger partial charge on any atom is -0.381 e. The normalized spacial score (nSPS) is 12.2. The van der Waals surface area contributed by atoms with E-state index in [-0.39, 0.29) is 17.4 Å². The summed E-state index contributed by atoms with van der Waals surface area (Å²) in [6.07, 6.45) is 1.35. The van der Waals surface area contributed by atoms with Crippen molar-refractivity contribution in [3.8, 4) is 0 Å². The summed E-state index contributed by atoms with van der Waals surface area (Å²) >= 11 is 0. The van der Waals surface area contributed by atoms with Crippen LogP contribution in [0, 0.1) is 6.92 Å². The van der Waals surface area contributed by atoms with E-state index in [1.807, 2.05) is 0 Å². The fourth-order valence-electron chi connectivity index (χ4n) is 1.64. The maximum absolute atomic E-state index is 12.4. The van der Waals surface area contributed by atoms with Crippen LogP contribution in [0.25, 0.3) is 0 Å². The van der Waals surface area contributed by atoms with E-state index < -0.39 is 10.0 Å². The van der Waals surface area contributed by atoms with Crippen molar-refractivity contribution >= 4 is 15.8 Å². The minimum atomic E-state index is -3.73. The molecule has 0 fully saturated rings. The molecule has 10 heteroatoms. The van der Waals surface area contributed by atoms with Gasteiger partial charge in [-0.25, -0.2) is 18.4 Å². The van der Waals surface area contributed by atoms with Crippen LogP contribution in [0.1, 0.15) is 11.6 Å². The summed E-state index contributed by atoms with van der Waals surface area (Å²) in [6, 6.07) is 0. The van der Waals surface area contributed by atoms with Crippen LogP contribution in [0.2, 0.25) is 0 Å². The van der Waals surface area contributed by atoms with Gasteiger partial charge in [0.25, 0.3) is 10.0 Å². The third-order valence-electron chi connectivity index (χ3n) is 2.57. The van der Waals surface area contributed by atoms with Gasteiger partial charge < -0.3 is 10.3 Å².